The molecule has 10 aromatic carbocycles. The van der Waals surface area contributed by atoms with Crippen LogP contribution in [0, 0.1) is 0 Å². The molecule has 0 saturated carbocycles. The molecule has 1 aliphatic carbocycles. The van der Waals surface area contributed by atoms with Gasteiger partial charge < -0.3 is 4.90 Å². The highest BCUT2D eigenvalue weighted by atomic mass is 15.1. The minimum Gasteiger partial charge on any atom is -0.310 e. The van der Waals surface area contributed by atoms with Crippen molar-refractivity contribution in [2.75, 3.05) is 4.90 Å². The molecule has 0 fully saturated rings. The highest BCUT2D eigenvalue weighted by Crippen LogP contribution is 2.59. The summed E-state index contributed by atoms with van der Waals surface area (Å²) in [6.45, 7) is 0. The summed E-state index contributed by atoms with van der Waals surface area (Å²) in [6.07, 6.45) is 0. The first-order valence-corrected chi connectivity index (χ1v) is 20.4. The van der Waals surface area contributed by atoms with Crippen LogP contribution in [0.25, 0.3) is 55.3 Å². The molecule has 11 rings (SSSR count). The lowest BCUT2D eigenvalue weighted by Gasteiger charge is -2.34. The van der Waals surface area contributed by atoms with E-state index in [4.69, 9.17) is 0 Å². The molecule has 1 heteroatoms. The van der Waals surface area contributed by atoms with E-state index in [0.717, 1.165) is 77.8 Å². The summed E-state index contributed by atoms with van der Waals surface area (Å²) >= 11 is 0. The van der Waals surface area contributed by atoms with Gasteiger partial charge in [0.05, 0.1) is 16.6 Å². The molecule has 60 heavy (non-hydrogen) atoms. The van der Waals surface area contributed by atoms with Gasteiger partial charge in [-0.1, -0.05) is 206 Å². The fourth-order valence-corrected chi connectivity index (χ4v) is 9.30. The number of hydrogen-bond donors (Lipinski definition) is 0. The third kappa shape index (κ3) is 5.94. The number of hydrogen-bond acceptors (Lipinski definition) is 1. The van der Waals surface area contributed by atoms with Crippen LogP contribution in [0.4, 0.5) is 17.1 Å². The van der Waals surface area contributed by atoms with Crippen LogP contribution in [0.15, 0.2) is 249 Å². The number of anilines is 3. The second kappa shape index (κ2) is 14.9. The third-order valence-corrected chi connectivity index (χ3v) is 12.0. The van der Waals surface area contributed by atoms with Gasteiger partial charge in [-0.05, 0) is 114 Å². The molecule has 0 saturated heterocycles. The van der Waals surface area contributed by atoms with Crippen LogP contribution in [-0.2, 0) is 5.41 Å². The van der Waals surface area contributed by atoms with Gasteiger partial charge in [-0.15, -0.1) is 0 Å². The summed E-state index contributed by atoms with van der Waals surface area (Å²) in [5.74, 6) is 0. The van der Waals surface area contributed by atoms with Crippen molar-refractivity contribution in [2.24, 2.45) is 0 Å². The van der Waals surface area contributed by atoms with Crippen molar-refractivity contribution < 1.29 is 5.48 Å². The summed E-state index contributed by atoms with van der Waals surface area (Å²) < 4.78 is 38.5. The number of fused-ring (bicyclic) bond motifs is 4. The molecule has 10 aromatic rings. The predicted molar refractivity (Wildman–Crippen MR) is 252 cm³/mol. The van der Waals surface area contributed by atoms with Gasteiger partial charge in [-0.3, -0.25) is 0 Å². The van der Waals surface area contributed by atoms with Crippen LogP contribution < -0.4 is 4.90 Å². The van der Waals surface area contributed by atoms with Gasteiger partial charge in [0.15, 0.2) is 0 Å². The Hall–Kier alpha value is -7.74. The Bertz CT molecular complexity index is 3330. The summed E-state index contributed by atoms with van der Waals surface area (Å²) in [4.78, 5) is 2.00. The monoisotopic (exact) mass is 767 g/mol. The smallest absolute Gasteiger partial charge is 0.0714 e. The van der Waals surface area contributed by atoms with Crippen molar-refractivity contribution in [1.82, 2.24) is 0 Å². The van der Waals surface area contributed by atoms with Crippen molar-refractivity contribution >= 4 is 27.8 Å². The quantitative estimate of drug-likeness (QED) is 0.149. The molecular formula is C59H41N. The van der Waals surface area contributed by atoms with Gasteiger partial charge in [0.2, 0.25) is 0 Å². The van der Waals surface area contributed by atoms with Crippen LogP contribution in [0.5, 0.6) is 0 Å². The second-order valence-corrected chi connectivity index (χ2v) is 15.3. The maximum atomic E-state index is 10.1. The van der Waals surface area contributed by atoms with Gasteiger partial charge in [0, 0.05) is 16.9 Å². The normalized spacial score (nSPS) is 13.4. The third-order valence-electron chi connectivity index (χ3n) is 12.0. The van der Waals surface area contributed by atoms with E-state index in [1.165, 1.54) is 0 Å². The van der Waals surface area contributed by atoms with Crippen LogP contribution in [0.3, 0.4) is 0 Å². The second-order valence-electron chi connectivity index (χ2n) is 15.3. The standard InChI is InChI=1S/C59H41N/c1-4-17-42(18-5-1)46-21-14-22-47(39-46)44-35-37-52(38-36-44)60(53-28-15-23-48(41-53)49-34-33-43-19-10-11-20-45(43)40-49)57-32-16-31-56-58(57)54-29-12-13-30-55(54)59(56,50-24-6-2-7-25-50)51-26-8-3-9-27-51/h1-41H/i15D,23D,28D,41D. The Labute approximate surface area is 357 Å². The largest absolute Gasteiger partial charge is 0.310 e. The van der Waals surface area contributed by atoms with Crippen LogP contribution in [0.1, 0.15) is 27.7 Å². The first-order chi connectivity index (χ1) is 31.4. The highest BCUT2D eigenvalue weighted by molar-refractivity contribution is 5.98. The molecule has 1 nitrogen and oxygen atoms in total. The SMILES string of the molecule is [2H]c1c([2H])c(-c2ccc3ccccc3c2)c([2H])c(N(c2ccc(-c3cccc(-c4ccccc4)c3)cc2)c2cccc3c2-c2ccccc2C3(c2ccccc2)c2ccccc2)c1[2H]. The molecule has 282 valence electrons. The average Bonchev–Trinajstić information content (AvgIpc) is 3.67. The Morgan fingerprint density at radius 2 is 0.917 bits per heavy atom. The summed E-state index contributed by atoms with van der Waals surface area (Å²) in [6, 6.07) is 76.9. The maximum absolute atomic E-state index is 10.1. The van der Waals surface area contributed by atoms with E-state index < -0.39 is 5.41 Å². The van der Waals surface area contributed by atoms with Gasteiger partial charge >= 0.3 is 0 Å². The zero-order valence-corrected chi connectivity index (χ0v) is 32.8. The van der Waals surface area contributed by atoms with E-state index in [2.05, 4.69) is 176 Å². The topological polar surface area (TPSA) is 3.24 Å². The molecule has 0 spiro atoms. The van der Waals surface area contributed by atoms with E-state index >= 15 is 0 Å². The highest BCUT2D eigenvalue weighted by Gasteiger charge is 2.47. The lowest BCUT2D eigenvalue weighted by atomic mass is 9.68. The summed E-state index contributed by atoms with van der Waals surface area (Å²) in [5, 5.41) is 2.02. The molecule has 0 N–H and O–H groups in total. The Kier molecular flexibility index (Phi) is 7.76. The number of rotatable bonds is 8. The van der Waals surface area contributed by atoms with E-state index in [9.17, 15) is 5.48 Å². The first kappa shape index (κ1) is 31.3. The van der Waals surface area contributed by atoms with E-state index in [-0.39, 0.29) is 29.9 Å². The van der Waals surface area contributed by atoms with Crippen molar-refractivity contribution in [3.63, 3.8) is 0 Å². The fraction of sp³-hybridized carbons (Fsp3) is 0.0169. The van der Waals surface area contributed by atoms with Crippen molar-refractivity contribution in [2.45, 2.75) is 5.41 Å². The van der Waals surface area contributed by atoms with Gasteiger partial charge in [-0.25, -0.2) is 0 Å². The molecule has 0 amide bonds. The summed E-state index contributed by atoms with van der Waals surface area (Å²) in [7, 11) is 0. The van der Waals surface area contributed by atoms with Gasteiger partial charge in [0.25, 0.3) is 0 Å². The van der Waals surface area contributed by atoms with Crippen molar-refractivity contribution in [3.8, 4) is 44.5 Å². The van der Waals surface area contributed by atoms with Crippen LogP contribution >= 0.6 is 0 Å². The van der Waals surface area contributed by atoms with Crippen LogP contribution in [0.2, 0.25) is 0 Å². The molecule has 0 aromatic heterocycles. The lowest BCUT2D eigenvalue weighted by Crippen LogP contribution is -2.28. The van der Waals surface area contributed by atoms with E-state index in [1.807, 2.05) is 53.4 Å². The summed E-state index contributed by atoms with van der Waals surface area (Å²) in [5.41, 5.74) is 12.9. The first-order valence-electron chi connectivity index (χ1n) is 22.4. The molecule has 0 heterocycles. The lowest BCUT2D eigenvalue weighted by molar-refractivity contribution is 0.768. The van der Waals surface area contributed by atoms with Gasteiger partial charge in [-0.2, -0.15) is 0 Å². The Balaban J connectivity index is 1.18. The van der Waals surface area contributed by atoms with Gasteiger partial charge in [0.1, 0.15) is 0 Å². The van der Waals surface area contributed by atoms with E-state index in [1.54, 1.807) is 0 Å². The zero-order chi connectivity index (χ0) is 43.4. The zero-order valence-electron chi connectivity index (χ0n) is 36.8. The van der Waals surface area contributed by atoms with Crippen molar-refractivity contribution in [3.05, 3.63) is 271 Å². The molecule has 0 bridgehead atoms. The molecular weight excluding hydrogens is 723 g/mol. The molecule has 0 radical (unpaired) electrons. The number of benzene rings is 10. The van der Waals surface area contributed by atoms with E-state index in [0.29, 0.717) is 11.1 Å². The molecule has 1 aliphatic rings. The minimum atomic E-state index is -0.681. The predicted octanol–water partition coefficient (Wildman–Crippen LogP) is 15.7. The van der Waals surface area contributed by atoms with Crippen molar-refractivity contribution in [1.29, 1.82) is 0 Å². The Morgan fingerprint density at radius 1 is 0.367 bits per heavy atom. The number of nitrogens with zero attached hydrogens (tertiary/aromatic N) is 1. The molecule has 0 unspecified atom stereocenters. The average molecular weight is 768 g/mol. The molecule has 0 atom stereocenters. The fourth-order valence-electron chi connectivity index (χ4n) is 9.30. The van der Waals surface area contributed by atoms with Crippen LogP contribution in [-0.4, -0.2) is 0 Å². The maximum Gasteiger partial charge on any atom is 0.0714 e. The minimum absolute atomic E-state index is 0.0159. The Morgan fingerprint density at radius 3 is 1.65 bits per heavy atom. The molecule has 0 aliphatic heterocycles.